The number of halogens is 2. The van der Waals surface area contributed by atoms with Gasteiger partial charge in [0.05, 0.1) is 0 Å². The van der Waals surface area contributed by atoms with Crippen molar-refractivity contribution in [1.29, 1.82) is 0 Å². The molecule has 0 aliphatic heterocycles. The average molecular weight is 358 g/mol. The van der Waals surface area contributed by atoms with Crippen LogP contribution in [-0.4, -0.2) is 0 Å². The first-order valence-electron chi connectivity index (χ1n) is 5.04. The van der Waals surface area contributed by atoms with E-state index >= 15 is 0 Å². The molecule has 0 bridgehead atoms. The summed E-state index contributed by atoms with van der Waals surface area (Å²) in [4.78, 5) is 0. The van der Waals surface area contributed by atoms with Crippen molar-refractivity contribution in [3.05, 3.63) is 71.8 Å². The first-order valence-corrected chi connectivity index (χ1v) is 6.33. The molecule has 2 nitrogen and oxygen atoms in total. The molecular weight excluding hydrogens is 348 g/mol. The van der Waals surface area contributed by atoms with E-state index in [0.29, 0.717) is 0 Å². The monoisotopic (exact) mass is 356 g/mol. The van der Waals surface area contributed by atoms with Crippen molar-refractivity contribution in [2.45, 2.75) is 5.79 Å². The fourth-order valence-corrected chi connectivity index (χ4v) is 2.73. The van der Waals surface area contributed by atoms with Gasteiger partial charge in [0, 0.05) is 11.1 Å². The molecule has 0 fully saturated rings. The Hall–Kier alpha value is -0.680. The molecule has 17 heavy (non-hydrogen) atoms. The summed E-state index contributed by atoms with van der Waals surface area (Å²) in [6, 6.07) is 19.4. The van der Waals surface area contributed by atoms with E-state index in [1.54, 1.807) is 0 Å². The van der Waals surface area contributed by atoms with Crippen molar-refractivity contribution in [3.8, 4) is 0 Å². The zero-order chi connectivity index (χ0) is 12.1. The molecule has 0 unspecified atom stereocenters. The molecule has 0 aliphatic carbocycles. The van der Waals surface area contributed by atoms with Gasteiger partial charge in [-0.15, -0.1) is 0 Å². The third-order valence-corrected chi connectivity index (χ3v) is 3.44. The van der Waals surface area contributed by atoms with Crippen LogP contribution < -0.4 is 0 Å². The van der Waals surface area contributed by atoms with E-state index in [0.717, 1.165) is 11.1 Å². The molecule has 0 saturated carbocycles. The van der Waals surface area contributed by atoms with Crippen LogP contribution in [0.15, 0.2) is 60.7 Å². The van der Waals surface area contributed by atoms with Crippen LogP contribution in [0.25, 0.3) is 0 Å². The molecule has 0 N–H and O–H groups in total. The molecule has 0 heterocycles. The van der Waals surface area contributed by atoms with Crippen molar-refractivity contribution in [1.82, 2.24) is 0 Å². The highest BCUT2D eigenvalue weighted by molar-refractivity contribution is 9.06. The second-order valence-corrected chi connectivity index (χ2v) is 4.15. The Balaban J connectivity index is 2.54. The first-order chi connectivity index (χ1) is 8.33. The lowest BCUT2D eigenvalue weighted by Gasteiger charge is -2.28. The third-order valence-electron chi connectivity index (χ3n) is 2.52. The highest BCUT2D eigenvalue weighted by atomic mass is 79.9. The second kappa shape index (κ2) is 5.78. The molecule has 0 saturated heterocycles. The smallest absolute Gasteiger partial charge is 0.246 e. The van der Waals surface area contributed by atoms with Gasteiger partial charge in [-0.2, -0.15) is 0 Å². The highest BCUT2D eigenvalue weighted by Gasteiger charge is 2.36. The minimum absolute atomic E-state index is 0.889. The van der Waals surface area contributed by atoms with Crippen LogP contribution in [0.2, 0.25) is 0 Å². The van der Waals surface area contributed by atoms with Crippen LogP contribution in [0.4, 0.5) is 0 Å². The summed E-state index contributed by atoms with van der Waals surface area (Å²) >= 11 is 6.10. The molecule has 0 amide bonds. The number of benzene rings is 2. The summed E-state index contributed by atoms with van der Waals surface area (Å²) < 4.78 is 10.8. The van der Waals surface area contributed by atoms with Gasteiger partial charge in [-0.1, -0.05) is 60.7 Å². The Morgan fingerprint density at radius 2 is 1.00 bits per heavy atom. The van der Waals surface area contributed by atoms with Gasteiger partial charge < -0.3 is 0 Å². The summed E-state index contributed by atoms with van der Waals surface area (Å²) in [5, 5.41) is 0. The molecule has 0 spiro atoms. The van der Waals surface area contributed by atoms with Gasteiger partial charge >= 0.3 is 0 Å². The molecule has 0 aromatic heterocycles. The maximum Gasteiger partial charge on any atom is 0.246 e. The minimum atomic E-state index is -0.998. The third kappa shape index (κ3) is 2.45. The summed E-state index contributed by atoms with van der Waals surface area (Å²) in [5.74, 6) is -0.998. The molecule has 88 valence electrons. The standard InChI is InChI=1S/C13H10Br2O2/c14-16-13(17-15,11-7-3-1-4-8-11)12-9-5-2-6-10-12/h1-10H. The van der Waals surface area contributed by atoms with Gasteiger partial charge in [0.25, 0.3) is 0 Å². The Morgan fingerprint density at radius 1 is 0.647 bits per heavy atom. The van der Waals surface area contributed by atoms with Crippen LogP contribution in [0.1, 0.15) is 11.1 Å². The fourth-order valence-electron chi connectivity index (χ4n) is 1.67. The molecule has 0 radical (unpaired) electrons. The Kier molecular flexibility index (Phi) is 4.34. The van der Waals surface area contributed by atoms with E-state index in [1.807, 2.05) is 60.7 Å². The first kappa shape index (κ1) is 12.8. The Labute approximate surface area is 117 Å². The fraction of sp³-hybridized carbons (Fsp3) is 0.0769. The molecule has 2 aromatic rings. The second-order valence-electron chi connectivity index (χ2n) is 3.50. The maximum atomic E-state index is 5.40. The van der Waals surface area contributed by atoms with Crippen LogP contribution in [0.3, 0.4) is 0 Å². The predicted molar refractivity (Wildman–Crippen MR) is 73.7 cm³/mol. The summed E-state index contributed by atoms with van der Waals surface area (Å²) in [6.07, 6.45) is 0. The van der Waals surface area contributed by atoms with E-state index in [1.165, 1.54) is 0 Å². The van der Waals surface area contributed by atoms with Gasteiger partial charge in [0.2, 0.25) is 5.79 Å². The van der Waals surface area contributed by atoms with Crippen molar-refractivity contribution >= 4 is 32.5 Å². The number of hydrogen-bond donors (Lipinski definition) is 0. The van der Waals surface area contributed by atoms with E-state index < -0.39 is 5.79 Å². The lowest BCUT2D eigenvalue weighted by molar-refractivity contribution is -0.0378. The van der Waals surface area contributed by atoms with Crippen LogP contribution in [-0.2, 0) is 13.4 Å². The van der Waals surface area contributed by atoms with E-state index in [9.17, 15) is 0 Å². The van der Waals surface area contributed by atoms with Crippen molar-refractivity contribution in [3.63, 3.8) is 0 Å². The SMILES string of the molecule is BrOC(OBr)(c1ccccc1)c1ccccc1. The lowest BCUT2D eigenvalue weighted by Crippen LogP contribution is -2.28. The molecule has 2 aromatic carbocycles. The highest BCUT2D eigenvalue weighted by Crippen LogP contribution is 2.38. The maximum absolute atomic E-state index is 5.40. The van der Waals surface area contributed by atoms with Crippen molar-refractivity contribution < 1.29 is 7.66 Å². The average Bonchev–Trinajstić information content (AvgIpc) is 2.43. The van der Waals surface area contributed by atoms with Gasteiger partial charge in [-0.05, 0) is 0 Å². The van der Waals surface area contributed by atoms with Gasteiger partial charge in [0.15, 0.2) is 0 Å². The van der Waals surface area contributed by atoms with Gasteiger partial charge in [0.1, 0.15) is 32.5 Å². The van der Waals surface area contributed by atoms with E-state index in [4.69, 9.17) is 7.66 Å². The Morgan fingerprint density at radius 3 is 1.29 bits per heavy atom. The van der Waals surface area contributed by atoms with Crippen LogP contribution in [0.5, 0.6) is 0 Å². The lowest BCUT2D eigenvalue weighted by atomic mass is 9.98. The summed E-state index contributed by atoms with van der Waals surface area (Å²) in [6.45, 7) is 0. The normalized spacial score (nSPS) is 11.4. The molecule has 2 rings (SSSR count). The zero-order valence-corrected chi connectivity index (χ0v) is 12.0. The largest absolute Gasteiger partial charge is 0.263 e. The van der Waals surface area contributed by atoms with Gasteiger partial charge in [-0.3, -0.25) is 7.66 Å². The summed E-state index contributed by atoms with van der Waals surface area (Å²) in [7, 11) is 0. The minimum Gasteiger partial charge on any atom is -0.263 e. The zero-order valence-electron chi connectivity index (χ0n) is 8.85. The Bertz CT molecular complexity index is 414. The predicted octanol–water partition coefficient (Wildman–Crippen LogP) is 4.54. The van der Waals surface area contributed by atoms with Crippen molar-refractivity contribution in [2.75, 3.05) is 0 Å². The van der Waals surface area contributed by atoms with E-state index in [-0.39, 0.29) is 0 Å². The van der Waals surface area contributed by atoms with Gasteiger partial charge in [-0.25, -0.2) is 0 Å². The summed E-state index contributed by atoms with van der Waals surface area (Å²) in [5.41, 5.74) is 1.78. The molecule has 0 aliphatic rings. The molecule has 0 atom stereocenters. The number of rotatable bonds is 4. The topological polar surface area (TPSA) is 18.5 Å². The van der Waals surface area contributed by atoms with Crippen LogP contribution >= 0.6 is 32.5 Å². The van der Waals surface area contributed by atoms with E-state index in [2.05, 4.69) is 32.5 Å². The molecular formula is C13H10Br2O2. The van der Waals surface area contributed by atoms with Crippen molar-refractivity contribution in [2.24, 2.45) is 0 Å². The van der Waals surface area contributed by atoms with Crippen LogP contribution in [0, 0.1) is 0 Å². The molecule has 4 heteroatoms. The number of hydrogen-bond acceptors (Lipinski definition) is 2. The quantitative estimate of drug-likeness (QED) is 0.748.